The van der Waals surface area contributed by atoms with Crippen LogP contribution in [0.2, 0.25) is 0 Å². The van der Waals surface area contributed by atoms with Gasteiger partial charge in [-0.3, -0.25) is 4.40 Å². The summed E-state index contributed by atoms with van der Waals surface area (Å²) >= 11 is 0. The Bertz CT molecular complexity index is 1090. The van der Waals surface area contributed by atoms with Crippen LogP contribution in [0.5, 0.6) is 0 Å². The number of imidazole rings is 1. The maximum Gasteiger partial charge on any atom is 0.180 e. The van der Waals surface area contributed by atoms with E-state index in [1.807, 2.05) is 16.5 Å². The van der Waals surface area contributed by atoms with Gasteiger partial charge >= 0.3 is 0 Å². The molecule has 3 aromatic rings. The van der Waals surface area contributed by atoms with Gasteiger partial charge in [-0.05, 0) is 73.5 Å². The maximum atomic E-state index is 9.22. The Morgan fingerprint density at radius 2 is 1.93 bits per heavy atom. The van der Waals surface area contributed by atoms with Crippen LogP contribution in [0.4, 0.5) is 5.82 Å². The van der Waals surface area contributed by atoms with Gasteiger partial charge in [-0.15, -0.1) is 0 Å². The molecule has 2 atom stereocenters. The average Bonchev–Trinajstić information content (AvgIpc) is 3.14. The van der Waals surface area contributed by atoms with E-state index in [9.17, 15) is 5.26 Å². The summed E-state index contributed by atoms with van der Waals surface area (Å²) in [6, 6.07) is 7.74. The summed E-state index contributed by atoms with van der Waals surface area (Å²) < 4.78 is 1.88. The van der Waals surface area contributed by atoms with Crippen LogP contribution in [0.25, 0.3) is 17.2 Å². The van der Waals surface area contributed by atoms with Crippen molar-refractivity contribution in [1.29, 1.82) is 5.26 Å². The maximum absolute atomic E-state index is 9.22. The zero-order chi connectivity index (χ0) is 20.7. The fourth-order valence-corrected chi connectivity index (χ4v) is 6.20. The first-order chi connectivity index (χ1) is 14.5. The van der Waals surface area contributed by atoms with E-state index in [4.69, 9.17) is 4.98 Å². The Labute approximate surface area is 177 Å². The lowest BCUT2D eigenvalue weighted by Gasteiger charge is -2.50. The SMILES string of the molecule is CC1CC2CC(C)CC(CNc3ccnc(-c4cnc5ccc(C#N)cn45)n3)(C1)C2. The average molecular weight is 401 g/mol. The van der Waals surface area contributed by atoms with E-state index in [0.717, 1.165) is 41.5 Å². The number of aromatic nitrogens is 4. The zero-order valence-corrected chi connectivity index (χ0v) is 17.7. The number of nitrogens with zero attached hydrogens (tertiary/aromatic N) is 5. The van der Waals surface area contributed by atoms with E-state index in [0.29, 0.717) is 16.8 Å². The first kappa shape index (κ1) is 19.0. The van der Waals surface area contributed by atoms with E-state index >= 15 is 0 Å². The van der Waals surface area contributed by atoms with Gasteiger partial charge in [-0.25, -0.2) is 15.0 Å². The second kappa shape index (κ2) is 7.39. The topological polar surface area (TPSA) is 78.9 Å². The van der Waals surface area contributed by atoms with E-state index in [2.05, 4.69) is 35.2 Å². The van der Waals surface area contributed by atoms with E-state index in [1.54, 1.807) is 24.7 Å². The van der Waals surface area contributed by atoms with Gasteiger partial charge in [0.15, 0.2) is 5.82 Å². The Balaban J connectivity index is 1.39. The molecule has 2 aliphatic rings. The van der Waals surface area contributed by atoms with E-state index in [1.165, 1.54) is 32.1 Å². The molecule has 5 rings (SSSR count). The predicted octanol–water partition coefficient (Wildman–Crippen LogP) is 4.93. The number of anilines is 1. The molecule has 6 nitrogen and oxygen atoms in total. The standard InChI is InChI=1S/C24H28N6/c1-16-7-19-8-17(2)10-24(9-16,11-19)15-28-21-5-6-26-23(29-21)20-13-27-22-4-3-18(12-25)14-30(20)22/h3-6,13-14,16-17,19H,7-11,15H2,1-2H3,(H,26,28,29). The van der Waals surface area contributed by atoms with Gasteiger partial charge < -0.3 is 5.32 Å². The molecule has 6 heteroatoms. The van der Waals surface area contributed by atoms with Crippen LogP contribution in [0, 0.1) is 34.5 Å². The number of rotatable bonds is 4. The second-order valence-corrected chi connectivity index (χ2v) is 9.68. The van der Waals surface area contributed by atoms with Crippen molar-refractivity contribution in [1.82, 2.24) is 19.4 Å². The molecule has 0 amide bonds. The molecule has 2 saturated carbocycles. The Hall–Kier alpha value is -2.94. The van der Waals surface area contributed by atoms with Gasteiger partial charge in [-0.1, -0.05) is 13.8 Å². The fourth-order valence-electron chi connectivity index (χ4n) is 6.20. The van der Waals surface area contributed by atoms with Gasteiger partial charge in [0.2, 0.25) is 0 Å². The molecule has 3 heterocycles. The van der Waals surface area contributed by atoms with Crippen LogP contribution >= 0.6 is 0 Å². The molecular formula is C24H28N6. The van der Waals surface area contributed by atoms with Crippen molar-refractivity contribution in [2.24, 2.45) is 23.2 Å². The highest BCUT2D eigenvalue weighted by atomic mass is 15.1. The summed E-state index contributed by atoms with van der Waals surface area (Å²) in [4.78, 5) is 13.7. The van der Waals surface area contributed by atoms with E-state index in [-0.39, 0.29) is 0 Å². The molecule has 30 heavy (non-hydrogen) atoms. The Kier molecular flexibility index (Phi) is 4.69. The minimum absolute atomic E-state index is 0.385. The highest BCUT2D eigenvalue weighted by molar-refractivity contribution is 5.59. The largest absolute Gasteiger partial charge is 0.369 e. The lowest BCUT2D eigenvalue weighted by Crippen LogP contribution is -2.43. The van der Waals surface area contributed by atoms with Gasteiger partial charge in [0, 0.05) is 18.9 Å². The van der Waals surface area contributed by atoms with Crippen molar-refractivity contribution < 1.29 is 0 Å². The second-order valence-electron chi connectivity index (χ2n) is 9.68. The van der Waals surface area contributed by atoms with Crippen LogP contribution in [-0.2, 0) is 0 Å². The zero-order valence-electron chi connectivity index (χ0n) is 17.7. The molecule has 1 N–H and O–H groups in total. The van der Waals surface area contributed by atoms with Gasteiger partial charge in [0.25, 0.3) is 0 Å². The molecule has 0 radical (unpaired) electrons. The summed E-state index contributed by atoms with van der Waals surface area (Å²) in [6.45, 7) is 5.81. The smallest absolute Gasteiger partial charge is 0.180 e. The third kappa shape index (κ3) is 3.54. The summed E-state index contributed by atoms with van der Waals surface area (Å²) in [5.74, 6) is 3.98. The van der Waals surface area contributed by atoms with Gasteiger partial charge in [0.05, 0.1) is 11.8 Å². The Morgan fingerprint density at radius 1 is 1.13 bits per heavy atom. The molecule has 2 bridgehead atoms. The number of fused-ring (bicyclic) bond motifs is 3. The summed E-state index contributed by atoms with van der Waals surface area (Å²) in [5.41, 5.74) is 2.54. The molecule has 3 aromatic heterocycles. The fraction of sp³-hybridized carbons (Fsp3) is 0.500. The molecule has 154 valence electrons. The van der Waals surface area contributed by atoms with Crippen molar-refractivity contribution in [3.8, 4) is 17.6 Å². The molecule has 0 spiro atoms. The molecular weight excluding hydrogens is 372 g/mol. The normalized spacial score (nSPS) is 28.2. The van der Waals surface area contributed by atoms with Crippen molar-refractivity contribution in [3.05, 3.63) is 42.4 Å². The third-order valence-corrected chi connectivity index (χ3v) is 6.92. The van der Waals surface area contributed by atoms with Crippen molar-refractivity contribution in [3.63, 3.8) is 0 Å². The number of nitriles is 1. The number of hydrogen-bond donors (Lipinski definition) is 1. The monoisotopic (exact) mass is 400 g/mol. The predicted molar refractivity (Wildman–Crippen MR) is 117 cm³/mol. The van der Waals surface area contributed by atoms with Crippen LogP contribution in [0.15, 0.2) is 36.8 Å². The minimum atomic E-state index is 0.385. The molecule has 2 fully saturated rings. The molecule has 2 aliphatic carbocycles. The van der Waals surface area contributed by atoms with Gasteiger partial charge in [0.1, 0.15) is 23.2 Å². The van der Waals surface area contributed by atoms with Gasteiger partial charge in [-0.2, -0.15) is 5.26 Å². The Morgan fingerprint density at radius 3 is 2.70 bits per heavy atom. The highest BCUT2D eigenvalue weighted by Crippen LogP contribution is 2.52. The summed E-state index contributed by atoms with van der Waals surface area (Å²) in [6.07, 6.45) is 12.1. The van der Waals surface area contributed by atoms with Crippen LogP contribution < -0.4 is 5.32 Å². The number of pyridine rings is 1. The lowest BCUT2D eigenvalue weighted by atomic mass is 9.57. The molecule has 0 aromatic carbocycles. The third-order valence-electron chi connectivity index (χ3n) is 6.92. The van der Waals surface area contributed by atoms with Crippen LogP contribution in [0.1, 0.15) is 51.5 Å². The number of nitrogens with one attached hydrogen (secondary N) is 1. The minimum Gasteiger partial charge on any atom is -0.369 e. The number of hydrogen-bond acceptors (Lipinski definition) is 5. The highest BCUT2D eigenvalue weighted by Gasteiger charge is 2.43. The first-order valence-electron chi connectivity index (χ1n) is 11.0. The van der Waals surface area contributed by atoms with Crippen LogP contribution in [0.3, 0.4) is 0 Å². The molecule has 0 aliphatic heterocycles. The van der Waals surface area contributed by atoms with Crippen molar-refractivity contribution in [2.75, 3.05) is 11.9 Å². The van der Waals surface area contributed by atoms with Crippen molar-refractivity contribution >= 4 is 11.5 Å². The molecule has 2 unspecified atom stereocenters. The lowest BCUT2D eigenvalue weighted by molar-refractivity contribution is 0.0284. The quantitative estimate of drug-likeness (QED) is 0.672. The summed E-state index contributed by atoms with van der Waals surface area (Å²) in [7, 11) is 0. The molecule has 0 saturated heterocycles. The first-order valence-corrected chi connectivity index (χ1v) is 11.0. The van der Waals surface area contributed by atoms with E-state index < -0.39 is 0 Å². The van der Waals surface area contributed by atoms with Crippen LogP contribution in [-0.4, -0.2) is 25.9 Å². The van der Waals surface area contributed by atoms with Crippen molar-refractivity contribution in [2.45, 2.75) is 46.0 Å². The summed E-state index contributed by atoms with van der Waals surface area (Å²) in [5, 5.41) is 12.9.